The monoisotopic (exact) mass is 285 g/mol. The van der Waals surface area contributed by atoms with Gasteiger partial charge >= 0.3 is 0 Å². The van der Waals surface area contributed by atoms with Gasteiger partial charge in [-0.1, -0.05) is 40.2 Å². The third-order valence-corrected chi connectivity index (χ3v) is 2.87. The van der Waals surface area contributed by atoms with E-state index in [1.165, 1.54) is 0 Å². The van der Waals surface area contributed by atoms with Crippen LogP contribution in [0.4, 0.5) is 0 Å². The van der Waals surface area contributed by atoms with E-state index in [1.807, 2.05) is 12.1 Å². The maximum absolute atomic E-state index is 12.2. The Labute approximate surface area is 108 Å². The van der Waals surface area contributed by atoms with Crippen molar-refractivity contribution in [2.75, 3.05) is 0 Å². The van der Waals surface area contributed by atoms with Gasteiger partial charge in [-0.05, 0) is 24.3 Å². The summed E-state index contributed by atoms with van der Waals surface area (Å²) in [5.41, 5.74) is 1.41. The number of carbonyl (C=O) groups excluding carboxylic acids is 1. The Balaban J connectivity index is 2.48. The van der Waals surface area contributed by atoms with Gasteiger partial charge in [0.2, 0.25) is 0 Å². The number of carbonyl (C=O) groups is 1. The van der Waals surface area contributed by atoms with Crippen molar-refractivity contribution in [3.8, 4) is 6.07 Å². The number of halogens is 1. The van der Waals surface area contributed by atoms with Gasteiger partial charge in [0.05, 0.1) is 11.6 Å². The molecule has 0 saturated heterocycles. The molecule has 0 radical (unpaired) electrons. The fraction of sp³-hybridized carbons (Fsp3) is 0. The van der Waals surface area contributed by atoms with Gasteiger partial charge in [-0.2, -0.15) is 5.26 Å². The smallest absolute Gasteiger partial charge is 0.194 e. The summed E-state index contributed by atoms with van der Waals surface area (Å²) >= 11 is 3.32. The van der Waals surface area contributed by atoms with Crippen LogP contribution in [0, 0.1) is 11.3 Å². The highest BCUT2D eigenvalue weighted by molar-refractivity contribution is 9.10. The second-order valence-corrected chi connectivity index (χ2v) is 4.41. The second-order valence-electron chi connectivity index (χ2n) is 3.50. The van der Waals surface area contributed by atoms with Gasteiger partial charge in [-0.25, -0.2) is 0 Å². The van der Waals surface area contributed by atoms with Crippen LogP contribution in [-0.4, -0.2) is 5.78 Å². The molecule has 2 aromatic rings. The van der Waals surface area contributed by atoms with Crippen LogP contribution in [0.3, 0.4) is 0 Å². The normalized spacial score (nSPS) is 9.65. The molecule has 0 aliphatic heterocycles. The Morgan fingerprint density at radius 3 is 2.59 bits per heavy atom. The number of rotatable bonds is 2. The van der Waals surface area contributed by atoms with E-state index >= 15 is 0 Å². The van der Waals surface area contributed by atoms with Crippen molar-refractivity contribution in [1.82, 2.24) is 0 Å². The van der Waals surface area contributed by atoms with Crippen molar-refractivity contribution in [2.45, 2.75) is 0 Å². The molecule has 2 rings (SSSR count). The number of hydrogen-bond acceptors (Lipinski definition) is 2. The molecule has 0 aromatic heterocycles. The summed E-state index contributed by atoms with van der Waals surface area (Å²) in [6.07, 6.45) is 0. The summed E-state index contributed by atoms with van der Waals surface area (Å²) in [6.45, 7) is 0. The molecule has 3 heteroatoms. The Morgan fingerprint density at radius 2 is 1.88 bits per heavy atom. The van der Waals surface area contributed by atoms with E-state index in [0.717, 1.165) is 4.47 Å². The topological polar surface area (TPSA) is 40.9 Å². The standard InChI is InChI=1S/C14H8BrNO/c15-12-6-3-5-10(8-12)14(17)13-7-2-1-4-11(13)9-16/h1-8H. The summed E-state index contributed by atoms with van der Waals surface area (Å²) in [5.74, 6) is -0.136. The van der Waals surface area contributed by atoms with Gasteiger partial charge in [0.15, 0.2) is 5.78 Å². The molecule has 0 saturated carbocycles. The highest BCUT2D eigenvalue weighted by Gasteiger charge is 2.12. The number of ketones is 1. The first-order valence-electron chi connectivity index (χ1n) is 5.02. The molecule has 2 aromatic carbocycles. The molecule has 0 unspecified atom stereocenters. The predicted octanol–water partition coefficient (Wildman–Crippen LogP) is 3.55. The molecule has 0 amide bonds. The highest BCUT2D eigenvalue weighted by Crippen LogP contribution is 2.17. The van der Waals surface area contributed by atoms with Gasteiger partial charge < -0.3 is 0 Å². The molecular formula is C14H8BrNO. The van der Waals surface area contributed by atoms with Crippen molar-refractivity contribution in [3.05, 3.63) is 69.7 Å². The van der Waals surface area contributed by atoms with Gasteiger partial charge in [-0.3, -0.25) is 4.79 Å². The molecular weight excluding hydrogens is 278 g/mol. The lowest BCUT2D eigenvalue weighted by atomic mass is 9.99. The molecule has 0 atom stereocenters. The number of nitrogens with zero attached hydrogens (tertiary/aromatic N) is 1. The van der Waals surface area contributed by atoms with Crippen molar-refractivity contribution in [2.24, 2.45) is 0 Å². The third kappa shape index (κ3) is 2.43. The summed E-state index contributed by atoms with van der Waals surface area (Å²) in [6, 6.07) is 16.0. The fourth-order valence-corrected chi connectivity index (χ4v) is 1.96. The SMILES string of the molecule is N#Cc1ccccc1C(=O)c1cccc(Br)c1. The summed E-state index contributed by atoms with van der Waals surface area (Å²) in [4.78, 5) is 12.2. The summed E-state index contributed by atoms with van der Waals surface area (Å²) in [7, 11) is 0. The van der Waals surface area contributed by atoms with E-state index in [1.54, 1.807) is 42.5 Å². The van der Waals surface area contributed by atoms with Crippen molar-refractivity contribution in [3.63, 3.8) is 0 Å². The van der Waals surface area contributed by atoms with Crippen LogP contribution in [0.1, 0.15) is 21.5 Å². The molecule has 17 heavy (non-hydrogen) atoms. The summed E-state index contributed by atoms with van der Waals surface area (Å²) in [5, 5.41) is 8.96. The average molecular weight is 286 g/mol. The lowest BCUT2D eigenvalue weighted by Crippen LogP contribution is -2.03. The zero-order chi connectivity index (χ0) is 12.3. The Hall–Kier alpha value is -1.92. The second kappa shape index (κ2) is 4.94. The maximum atomic E-state index is 12.2. The molecule has 82 valence electrons. The van der Waals surface area contributed by atoms with Crippen molar-refractivity contribution in [1.29, 1.82) is 5.26 Å². The van der Waals surface area contributed by atoms with Gasteiger partial charge in [0, 0.05) is 15.6 Å². The third-order valence-electron chi connectivity index (χ3n) is 2.38. The number of hydrogen-bond donors (Lipinski definition) is 0. The molecule has 0 aliphatic carbocycles. The first kappa shape index (κ1) is 11.6. The van der Waals surface area contributed by atoms with Crippen LogP contribution in [0.5, 0.6) is 0 Å². The molecule has 0 aliphatic rings. The number of nitriles is 1. The molecule has 0 heterocycles. The molecule has 2 nitrogen and oxygen atoms in total. The van der Waals surface area contributed by atoms with Gasteiger partial charge in [0.25, 0.3) is 0 Å². The largest absolute Gasteiger partial charge is 0.289 e. The quantitative estimate of drug-likeness (QED) is 0.792. The van der Waals surface area contributed by atoms with Crippen molar-refractivity contribution < 1.29 is 4.79 Å². The minimum atomic E-state index is -0.136. The van der Waals surface area contributed by atoms with Crippen LogP contribution in [-0.2, 0) is 0 Å². The first-order valence-corrected chi connectivity index (χ1v) is 5.81. The lowest BCUT2D eigenvalue weighted by Gasteiger charge is -2.03. The van der Waals surface area contributed by atoms with Gasteiger partial charge in [0.1, 0.15) is 0 Å². The zero-order valence-electron chi connectivity index (χ0n) is 8.85. The highest BCUT2D eigenvalue weighted by atomic mass is 79.9. The van der Waals surface area contributed by atoms with Crippen LogP contribution < -0.4 is 0 Å². The van der Waals surface area contributed by atoms with Crippen LogP contribution >= 0.6 is 15.9 Å². The van der Waals surface area contributed by atoms with E-state index in [2.05, 4.69) is 15.9 Å². The zero-order valence-corrected chi connectivity index (χ0v) is 10.4. The molecule has 0 spiro atoms. The molecule has 0 N–H and O–H groups in total. The fourth-order valence-electron chi connectivity index (χ4n) is 1.56. The summed E-state index contributed by atoms with van der Waals surface area (Å²) < 4.78 is 0.845. The predicted molar refractivity (Wildman–Crippen MR) is 68.7 cm³/mol. The first-order chi connectivity index (χ1) is 8.22. The van der Waals surface area contributed by atoms with E-state index in [4.69, 9.17) is 5.26 Å². The van der Waals surface area contributed by atoms with Gasteiger partial charge in [-0.15, -0.1) is 0 Å². The van der Waals surface area contributed by atoms with E-state index in [-0.39, 0.29) is 5.78 Å². The minimum absolute atomic E-state index is 0.136. The van der Waals surface area contributed by atoms with E-state index < -0.39 is 0 Å². The van der Waals surface area contributed by atoms with E-state index in [0.29, 0.717) is 16.7 Å². The molecule has 0 bridgehead atoms. The molecule has 0 fully saturated rings. The minimum Gasteiger partial charge on any atom is -0.289 e. The van der Waals surface area contributed by atoms with Crippen LogP contribution in [0.2, 0.25) is 0 Å². The Morgan fingerprint density at radius 1 is 1.12 bits per heavy atom. The Kier molecular flexibility index (Phi) is 3.36. The van der Waals surface area contributed by atoms with Crippen LogP contribution in [0.15, 0.2) is 53.0 Å². The van der Waals surface area contributed by atoms with Crippen molar-refractivity contribution >= 4 is 21.7 Å². The number of benzene rings is 2. The van der Waals surface area contributed by atoms with Crippen LogP contribution in [0.25, 0.3) is 0 Å². The lowest BCUT2D eigenvalue weighted by molar-refractivity contribution is 0.103. The van der Waals surface area contributed by atoms with E-state index in [9.17, 15) is 4.79 Å². The maximum Gasteiger partial charge on any atom is 0.194 e. The average Bonchev–Trinajstić information content (AvgIpc) is 2.38. The Bertz CT molecular complexity index is 614.